The number of carbonyl (C=O) groups excluding carboxylic acids is 1. The molecule has 7 heteroatoms. The highest BCUT2D eigenvalue weighted by molar-refractivity contribution is 6.30. The van der Waals surface area contributed by atoms with Gasteiger partial charge in [-0.05, 0) is 29.7 Å². The molecular weight excluding hydrogens is 350 g/mol. The van der Waals surface area contributed by atoms with E-state index in [4.69, 9.17) is 11.6 Å². The Balaban J connectivity index is 1.98. The first-order chi connectivity index (χ1) is 12.2. The quantitative estimate of drug-likeness (QED) is 0.891. The van der Waals surface area contributed by atoms with Crippen molar-refractivity contribution in [3.63, 3.8) is 0 Å². The first-order valence-corrected chi connectivity index (χ1v) is 8.97. The standard InChI is InChI=1S/C19H24ClN5O/c1-19(2,3)11-21-17-15-9-25(14-7-5-13(20)6-8-14)16(26)10-24(4)18(15)23-12-22-17/h5-8,12H,9-11H2,1-4H3,(H,21,22,23). The van der Waals surface area contributed by atoms with Crippen LogP contribution in [-0.4, -0.2) is 36.0 Å². The number of nitrogens with one attached hydrogen (secondary N) is 1. The van der Waals surface area contributed by atoms with Crippen molar-refractivity contribution >= 4 is 34.8 Å². The number of rotatable bonds is 3. The number of aromatic nitrogens is 2. The zero-order valence-electron chi connectivity index (χ0n) is 15.6. The summed E-state index contributed by atoms with van der Waals surface area (Å²) >= 11 is 5.99. The van der Waals surface area contributed by atoms with E-state index in [0.717, 1.165) is 29.4 Å². The largest absolute Gasteiger partial charge is 0.369 e. The van der Waals surface area contributed by atoms with E-state index in [1.54, 1.807) is 23.4 Å². The SMILES string of the molecule is CN1CC(=O)N(c2ccc(Cl)cc2)Cc2c(NCC(C)(C)C)ncnc21. The molecule has 0 saturated carbocycles. The molecule has 0 bridgehead atoms. The van der Waals surface area contributed by atoms with Crippen LogP contribution in [0.25, 0.3) is 0 Å². The summed E-state index contributed by atoms with van der Waals surface area (Å²) in [7, 11) is 1.88. The van der Waals surface area contributed by atoms with Gasteiger partial charge in [-0.25, -0.2) is 9.97 Å². The minimum absolute atomic E-state index is 0.00888. The highest BCUT2D eigenvalue weighted by Gasteiger charge is 2.28. The lowest BCUT2D eigenvalue weighted by atomic mass is 9.97. The van der Waals surface area contributed by atoms with Crippen LogP contribution in [0.3, 0.4) is 0 Å². The maximum Gasteiger partial charge on any atom is 0.246 e. The van der Waals surface area contributed by atoms with Crippen molar-refractivity contribution in [2.45, 2.75) is 27.3 Å². The number of likely N-dealkylation sites (N-methyl/N-ethyl adjacent to an activating group) is 1. The Kier molecular flexibility index (Phi) is 5.05. The molecule has 0 saturated heterocycles. The fourth-order valence-corrected chi connectivity index (χ4v) is 2.97. The molecule has 1 amide bonds. The Hall–Kier alpha value is -2.34. The molecule has 0 atom stereocenters. The topological polar surface area (TPSA) is 61.4 Å². The smallest absolute Gasteiger partial charge is 0.246 e. The van der Waals surface area contributed by atoms with Crippen LogP contribution in [0.4, 0.5) is 17.3 Å². The van der Waals surface area contributed by atoms with Crippen LogP contribution in [0.15, 0.2) is 30.6 Å². The number of hydrogen-bond acceptors (Lipinski definition) is 5. The van der Waals surface area contributed by atoms with E-state index >= 15 is 0 Å². The van der Waals surface area contributed by atoms with Crippen LogP contribution in [0, 0.1) is 5.41 Å². The number of halogens is 1. The summed E-state index contributed by atoms with van der Waals surface area (Å²) in [5.41, 5.74) is 1.84. The van der Waals surface area contributed by atoms with Gasteiger partial charge < -0.3 is 15.1 Å². The van der Waals surface area contributed by atoms with Crippen molar-refractivity contribution in [3.05, 3.63) is 41.2 Å². The van der Waals surface area contributed by atoms with E-state index in [9.17, 15) is 4.79 Å². The van der Waals surface area contributed by atoms with Crippen LogP contribution in [0.1, 0.15) is 26.3 Å². The second-order valence-electron chi connectivity index (χ2n) is 7.75. The molecule has 0 aliphatic carbocycles. The van der Waals surface area contributed by atoms with Gasteiger partial charge in [0.05, 0.1) is 18.7 Å². The fraction of sp³-hybridized carbons (Fsp3) is 0.421. The summed E-state index contributed by atoms with van der Waals surface area (Å²) in [6.07, 6.45) is 1.54. The van der Waals surface area contributed by atoms with Crippen LogP contribution in [0.5, 0.6) is 0 Å². The predicted molar refractivity (Wildman–Crippen MR) is 106 cm³/mol. The molecule has 6 nitrogen and oxygen atoms in total. The minimum atomic E-state index is 0.00888. The molecule has 0 fully saturated rings. The van der Waals surface area contributed by atoms with Crippen molar-refractivity contribution in [3.8, 4) is 0 Å². The Morgan fingerprint density at radius 2 is 1.85 bits per heavy atom. The van der Waals surface area contributed by atoms with E-state index in [0.29, 0.717) is 11.6 Å². The van der Waals surface area contributed by atoms with Gasteiger partial charge in [-0.2, -0.15) is 0 Å². The van der Waals surface area contributed by atoms with E-state index < -0.39 is 0 Å². The van der Waals surface area contributed by atoms with Crippen molar-refractivity contribution in [2.75, 3.05) is 35.3 Å². The van der Waals surface area contributed by atoms with Crippen LogP contribution in [-0.2, 0) is 11.3 Å². The monoisotopic (exact) mass is 373 g/mol. The van der Waals surface area contributed by atoms with E-state index in [-0.39, 0.29) is 17.9 Å². The van der Waals surface area contributed by atoms with Crippen molar-refractivity contribution in [1.29, 1.82) is 0 Å². The molecule has 0 radical (unpaired) electrons. The van der Waals surface area contributed by atoms with E-state index in [1.807, 2.05) is 24.1 Å². The second-order valence-corrected chi connectivity index (χ2v) is 8.19. The number of anilines is 3. The van der Waals surface area contributed by atoms with Crippen molar-refractivity contribution in [2.24, 2.45) is 5.41 Å². The summed E-state index contributed by atoms with van der Waals surface area (Å²) in [5, 5.41) is 4.06. The molecule has 1 aliphatic rings. The summed E-state index contributed by atoms with van der Waals surface area (Å²) in [6.45, 7) is 7.93. The van der Waals surface area contributed by atoms with Gasteiger partial charge in [-0.3, -0.25) is 4.79 Å². The van der Waals surface area contributed by atoms with Crippen LogP contribution < -0.4 is 15.1 Å². The average Bonchev–Trinajstić information content (AvgIpc) is 2.70. The molecule has 1 aromatic heterocycles. The molecule has 1 aromatic carbocycles. The number of carbonyl (C=O) groups is 1. The predicted octanol–water partition coefficient (Wildman–Crippen LogP) is 3.57. The summed E-state index contributed by atoms with van der Waals surface area (Å²) in [5.74, 6) is 1.56. The normalized spacial score (nSPS) is 14.9. The first-order valence-electron chi connectivity index (χ1n) is 8.59. The van der Waals surface area contributed by atoms with Gasteiger partial charge in [0.1, 0.15) is 18.0 Å². The maximum atomic E-state index is 12.8. The lowest BCUT2D eigenvalue weighted by Crippen LogP contribution is -2.35. The Bertz CT molecular complexity index is 801. The summed E-state index contributed by atoms with van der Waals surface area (Å²) in [6, 6.07) is 7.30. The van der Waals surface area contributed by atoms with Crippen LogP contribution in [0.2, 0.25) is 5.02 Å². The van der Waals surface area contributed by atoms with Gasteiger partial charge >= 0.3 is 0 Å². The maximum absolute atomic E-state index is 12.8. The zero-order chi connectivity index (χ0) is 18.9. The van der Waals surface area contributed by atoms with Crippen molar-refractivity contribution in [1.82, 2.24) is 9.97 Å². The molecule has 2 heterocycles. The van der Waals surface area contributed by atoms with Gasteiger partial charge in [0, 0.05) is 24.3 Å². The molecule has 1 aliphatic heterocycles. The zero-order valence-corrected chi connectivity index (χ0v) is 16.3. The van der Waals surface area contributed by atoms with Gasteiger partial charge in [-0.15, -0.1) is 0 Å². The molecule has 26 heavy (non-hydrogen) atoms. The Morgan fingerprint density at radius 3 is 2.50 bits per heavy atom. The number of nitrogens with zero attached hydrogens (tertiary/aromatic N) is 4. The van der Waals surface area contributed by atoms with Crippen molar-refractivity contribution < 1.29 is 4.79 Å². The van der Waals surface area contributed by atoms with Gasteiger partial charge in [0.15, 0.2) is 0 Å². The number of hydrogen-bond donors (Lipinski definition) is 1. The summed E-state index contributed by atoms with van der Waals surface area (Å²) in [4.78, 5) is 25.3. The number of amides is 1. The van der Waals surface area contributed by atoms with Gasteiger partial charge in [0.25, 0.3) is 0 Å². The number of fused-ring (bicyclic) bond motifs is 1. The average molecular weight is 374 g/mol. The van der Waals surface area contributed by atoms with E-state index in [2.05, 4.69) is 36.1 Å². The Labute approximate surface area is 159 Å². The van der Waals surface area contributed by atoms with Crippen LogP contribution >= 0.6 is 11.6 Å². The van der Waals surface area contributed by atoms with E-state index in [1.165, 1.54) is 0 Å². The molecular formula is C19H24ClN5O. The third-order valence-corrected chi connectivity index (χ3v) is 4.45. The highest BCUT2D eigenvalue weighted by Crippen LogP contribution is 2.31. The molecule has 3 rings (SSSR count). The van der Waals surface area contributed by atoms with Gasteiger partial charge in [-0.1, -0.05) is 32.4 Å². The lowest BCUT2D eigenvalue weighted by Gasteiger charge is -2.23. The summed E-state index contributed by atoms with van der Waals surface area (Å²) < 4.78 is 0. The molecule has 0 spiro atoms. The second kappa shape index (κ2) is 7.11. The molecule has 2 aromatic rings. The number of benzene rings is 1. The molecule has 138 valence electrons. The highest BCUT2D eigenvalue weighted by atomic mass is 35.5. The minimum Gasteiger partial charge on any atom is -0.369 e. The van der Waals surface area contributed by atoms with Gasteiger partial charge in [0.2, 0.25) is 5.91 Å². The molecule has 1 N–H and O–H groups in total. The molecule has 0 unspecified atom stereocenters. The lowest BCUT2D eigenvalue weighted by molar-refractivity contribution is -0.117. The third-order valence-electron chi connectivity index (χ3n) is 4.20. The first kappa shape index (κ1) is 18.5. The third kappa shape index (κ3) is 4.07. The fourth-order valence-electron chi connectivity index (χ4n) is 2.84. The Morgan fingerprint density at radius 1 is 1.15 bits per heavy atom.